The largest absolute Gasteiger partial charge is 0.493 e. The highest BCUT2D eigenvalue weighted by molar-refractivity contribution is 5.75. The molecule has 0 aliphatic carbocycles. The third-order valence-corrected chi connectivity index (χ3v) is 6.45. The molecule has 4 atom stereocenters. The molecular formula is C25H39N3O5. The molecule has 1 aromatic carbocycles. The van der Waals surface area contributed by atoms with Crippen LogP contribution >= 0.6 is 0 Å². The van der Waals surface area contributed by atoms with E-state index in [0.717, 1.165) is 18.4 Å². The van der Waals surface area contributed by atoms with E-state index >= 15 is 0 Å². The summed E-state index contributed by atoms with van der Waals surface area (Å²) in [4.78, 5) is 15.3. The van der Waals surface area contributed by atoms with Crippen molar-refractivity contribution in [2.75, 3.05) is 27.4 Å². The highest BCUT2D eigenvalue weighted by Crippen LogP contribution is 2.35. The Morgan fingerprint density at radius 1 is 1.18 bits per heavy atom. The lowest BCUT2D eigenvalue weighted by Gasteiger charge is -2.27. The molecule has 0 bridgehead atoms. The highest BCUT2D eigenvalue weighted by Gasteiger charge is 2.40. The number of carbonyl (C=O) groups excluding carboxylic acids is 1. The van der Waals surface area contributed by atoms with Gasteiger partial charge in [-0.1, -0.05) is 38.9 Å². The first-order chi connectivity index (χ1) is 15.8. The number of ether oxygens (including phenoxy) is 4. The molecule has 1 aliphatic heterocycles. The first-order valence-electron chi connectivity index (χ1n) is 11.8. The topological polar surface area (TPSA) is 103 Å². The van der Waals surface area contributed by atoms with E-state index < -0.39 is 0 Å². The Morgan fingerprint density at radius 3 is 2.52 bits per heavy atom. The van der Waals surface area contributed by atoms with Crippen LogP contribution in [0.15, 0.2) is 23.3 Å². The number of carbonyl (C=O) groups is 1. The van der Waals surface area contributed by atoms with Gasteiger partial charge < -0.3 is 18.9 Å². The molecule has 0 spiro atoms. The average Bonchev–Trinajstić information content (AvgIpc) is 3.17. The molecule has 1 aromatic rings. The van der Waals surface area contributed by atoms with Crippen molar-refractivity contribution in [1.82, 2.24) is 0 Å². The molecule has 0 aromatic heterocycles. The summed E-state index contributed by atoms with van der Waals surface area (Å²) in [5.74, 6) is 1.89. The fourth-order valence-corrected chi connectivity index (χ4v) is 4.30. The predicted octanol–water partition coefficient (Wildman–Crippen LogP) is 5.58. The summed E-state index contributed by atoms with van der Waals surface area (Å²) in [6.45, 7) is 9.56. The zero-order valence-electron chi connectivity index (χ0n) is 20.8. The van der Waals surface area contributed by atoms with Crippen LogP contribution in [0.5, 0.6) is 11.5 Å². The van der Waals surface area contributed by atoms with E-state index in [4.69, 9.17) is 18.9 Å². The van der Waals surface area contributed by atoms with Gasteiger partial charge in [-0.3, -0.25) is 4.79 Å². The highest BCUT2D eigenvalue weighted by atomic mass is 16.6. The van der Waals surface area contributed by atoms with Crippen molar-refractivity contribution in [3.8, 4) is 11.5 Å². The number of hydrogen-bond acceptors (Lipinski definition) is 6. The fraction of sp³-hybridized carbons (Fsp3) is 0.720. The number of nitrogens with zero attached hydrogens (tertiary/aromatic N) is 3. The molecule has 0 N–H and O–H groups in total. The lowest BCUT2D eigenvalue weighted by Crippen LogP contribution is -2.29. The number of hydrogen-bond donors (Lipinski definition) is 0. The standard InChI is InChI=1S/C25H39N3O5/c1-16(2)19(14-21(27-28-26)23-15-20(17(3)4)25(29)33-23)12-18-8-9-22(31-6)24(13-18)32-11-7-10-30-5/h8-9,13,16-17,19-21,23H,7,10-12,14-15H2,1-6H3/t19-,20-,21?,23?/m0/s1. The molecule has 184 valence electrons. The predicted molar refractivity (Wildman–Crippen MR) is 127 cm³/mol. The molecule has 0 saturated carbocycles. The Labute approximate surface area is 197 Å². The Kier molecular flexibility index (Phi) is 10.8. The first-order valence-corrected chi connectivity index (χ1v) is 11.8. The van der Waals surface area contributed by atoms with Crippen LogP contribution in [0.4, 0.5) is 0 Å². The van der Waals surface area contributed by atoms with Crippen LogP contribution in [0.1, 0.15) is 52.5 Å². The van der Waals surface area contributed by atoms with Gasteiger partial charge in [-0.25, -0.2) is 0 Å². The van der Waals surface area contributed by atoms with Crippen molar-refractivity contribution >= 4 is 5.97 Å². The monoisotopic (exact) mass is 461 g/mol. The third kappa shape index (κ3) is 7.83. The molecule has 8 nitrogen and oxygen atoms in total. The Morgan fingerprint density at radius 2 is 1.94 bits per heavy atom. The van der Waals surface area contributed by atoms with Crippen LogP contribution in [0.25, 0.3) is 10.4 Å². The van der Waals surface area contributed by atoms with Gasteiger partial charge in [0.25, 0.3) is 0 Å². The van der Waals surface area contributed by atoms with Crippen molar-refractivity contribution in [2.45, 2.75) is 65.5 Å². The summed E-state index contributed by atoms with van der Waals surface area (Å²) in [6.07, 6.45) is 2.48. The van der Waals surface area contributed by atoms with E-state index in [1.807, 2.05) is 32.0 Å². The summed E-state index contributed by atoms with van der Waals surface area (Å²) < 4.78 is 22.1. The quantitative estimate of drug-likeness (QED) is 0.118. The van der Waals surface area contributed by atoms with Crippen LogP contribution in [0.3, 0.4) is 0 Å². The van der Waals surface area contributed by atoms with Gasteiger partial charge in [-0.15, -0.1) is 0 Å². The van der Waals surface area contributed by atoms with Crippen LogP contribution in [0, 0.1) is 23.7 Å². The number of azide groups is 1. The molecule has 2 rings (SSSR count). The minimum Gasteiger partial charge on any atom is -0.493 e. The van der Waals surface area contributed by atoms with Crippen molar-refractivity contribution in [2.24, 2.45) is 28.8 Å². The van der Waals surface area contributed by atoms with Gasteiger partial charge in [0.15, 0.2) is 11.5 Å². The van der Waals surface area contributed by atoms with Crippen molar-refractivity contribution < 1.29 is 23.7 Å². The van der Waals surface area contributed by atoms with Crippen molar-refractivity contribution in [1.29, 1.82) is 0 Å². The number of esters is 1. The summed E-state index contributed by atoms with van der Waals surface area (Å²) in [5.41, 5.74) is 10.3. The molecule has 1 heterocycles. The molecule has 0 radical (unpaired) electrons. The third-order valence-electron chi connectivity index (χ3n) is 6.45. The zero-order chi connectivity index (χ0) is 24.4. The zero-order valence-corrected chi connectivity index (χ0v) is 20.8. The van der Waals surface area contributed by atoms with Crippen LogP contribution in [0.2, 0.25) is 0 Å². The first kappa shape index (κ1) is 26.8. The lowest BCUT2D eigenvalue weighted by molar-refractivity contribution is -0.145. The number of rotatable bonds is 14. The minimum atomic E-state index is -0.377. The summed E-state index contributed by atoms with van der Waals surface area (Å²) in [6, 6.07) is 5.62. The van der Waals surface area contributed by atoms with Gasteiger partial charge >= 0.3 is 5.97 Å². The lowest BCUT2D eigenvalue weighted by atomic mass is 9.82. The summed E-state index contributed by atoms with van der Waals surface area (Å²) in [7, 11) is 3.30. The maximum Gasteiger partial charge on any atom is 0.309 e. The van der Waals surface area contributed by atoms with Crippen LogP contribution in [-0.2, 0) is 20.7 Å². The molecule has 1 saturated heterocycles. The van der Waals surface area contributed by atoms with Crippen molar-refractivity contribution in [3.63, 3.8) is 0 Å². The van der Waals surface area contributed by atoms with E-state index in [1.54, 1.807) is 14.2 Å². The molecule has 1 fully saturated rings. The minimum absolute atomic E-state index is 0.136. The molecule has 33 heavy (non-hydrogen) atoms. The second-order valence-electron chi connectivity index (χ2n) is 9.46. The van der Waals surface area contributed by atoms with E-state index in [2.05, 4.69) is 23.9 Å². The maximum absolute atomic E-state index is 12.3. The SMILES string of the molecule is COCCCOc1cc(C[C@@H](CC(N=[N+]=[N-])C2C[C@@H](C(C)C)C(=O)O2)C(C)C)ccc1OC. The van der Waals surface area contributed by atoms with Crippen LogP contribution < -0.4 is 9.47 Å². The molecule has 0 amide bonds. The average molecular weight is 462 g/mol. The second kappa shape index (κ2) is 13.3. The maximum atomic E-state index is 12.3. The van der Waals surface area contributed by atoms with Gasteiger partial charge in [0.1, 0.15) is 6.10 Å². The number of benzene rings is 1. The van der Waals surface area contributed by atoms with E-state index in [0.29, 0.717) is 43.5 Å². The van der Waals surface area contributed by atoms with Gasteiger partial charge in [0.2, 0.25) is 0 Å². The Bertz CT molecular complexity index is 807. The Hall–Kier alpha value is -2.44. The van der Waals surface area contributed by atoms with Crippen molar-refractivity contribution in [3.05, 3.63) is 34.2 Å². The molecule has 8 heteroatoms. The normalized spacial score (nSPS) is 19.8. The van der Waals surface area contributed by atoms with E-state index in [9.17, 15) is 10.3 Å². The molecule has 2 unspecified atom stereocenters. The molecule has 1 aliphatic rings. The second-order valence-corrected chi connectivity index (χ2v) is 9.46. The van der Waals surface area contributed by atoms with Gasteiger partial charge in [0, 0.05) is 25.0 Å². The fourth-order valence-electron chi connectivity index (χ4n) is 4.30. The summed E-state index contributed by atoms with van der Waals surface area (Å²) >= 11 is 0. The van der Waals surface area contributed by atoms with Gasteiger partial charge in [-0.2, -0.15) is 0 Å². The smallest absolute Gasteiger partial charge is 0.309 e. The van der Waals surface area contributed by atoms with Crippen LogP contribution in [-0.4, -0.2) is 45.5 Å². The van der Waals surface area contributed by atoms with E-state index in [-0.39, 0.29) is 35.9 Å². The van der Waals surface area contributed by atoms with Gasteiger partial charge in [0.05, 0.1) is 25.7 Å². The number of methoxy groups -OCH3 is 2. The van der Waals surface area contributed by atoms with Gasteiger partial charge in [-0.05, 0) is 60.2 Å². The van der Waals surface area contributed by atoms with E-state index in [1.165, 1.54) is 0 Å². The number of cyclic esters (lactones) is 1. The molecular weight excluding hydrogens is 422 g/mol. The summed E-state index contributed by atoms with van der Waals surface area (Å²) in [5, 5.41) is 4.05. The Balaban J connectivity index is 2.14.